The summed E-state index contributed by atoms with van der Waals surface area (Å²) >= 11 is 0. The van der Waals surface area contributed by atoms with Gasteiger partial charge in [-0.15, -0.1) is 0 Å². The van der Waals surface area contributed by atoms with Gasteiger partial charge < -0.3 is 18.9 Å². The molecule has 380 valence electrons. The predicted octanol–water partition coefficient (Wildman–Crippen LogP) is 15.6. The number of hydrogen-bond acceptors (Lipinski definition) is 7. The second kappa shape index (κ2) is 47.5. The lowest BCUT2D eigenvalue weighted by Crippen LogP contribution is -2.37. The highest BCUT2D eigenvalue weighted by Gasteiger charge is 2.27. The number of hydrogen-bond donors (Lipinski definition) is 1. The first-order chi connectivity index (χ1) is 32.5. The predicted molar refractivity (Wildman–Crippen MR) is 284 cm³/mol. The largest absolute Gasteiger partial charge is 0.472 e. The maximum atomic E-state index is 12.7. The van der Waals surface area contributed by atoms with Crippen LogP contribution in [0.5, 0.6) is 0 Å². The van der Waals surface area contributed by atoms with Crippen molar-refractivity contribution in [3.8, 4) is 0 Å². The Morgan fingerprint density at radius 1 is 0.478 bits per heavy atom. The molecule has 0 saturated carbocycles. The number of likely N-dealkylation sites (N-methyl/N-ethyl adjacent to an activating group) is 1. The van der Waals surface area contributed by atoms with Crippen LogP contribution in [0.1, 0.15) is 174 Å². The number of unbranched alkanes of at least 4 members (excludes halogenated alkanes) is 11. The fourth-order valence-electron chi connectivity index (χ4n) is 6.23. The van der Waals surface area contributed by atoms with Crippen molar-refractivity contribution in [1.82, 2.24) is 0 Å². The zero-order valence-electron chi connectivity index (χ0n) is 42.8. The fourth-order valence-corrected chi connectivity index (χ4v) is 6.98. The first-order valence-electron chi connectivity index (χ1n) is 25.8. The van der Waals surface area contributed by atoms with Gasteiger partial charge in [0, 0.05) is 12.8 Å². The van der Waals surface area contributed by atoms with Crippen molar-refractivity contribution in [3.05, 3.63) is 122 Å². The molecule has 0 saturated heterocycles. The van der Waals surface area contributed by atoms with Gasteiger partial charge in [-0.25, -0.2) is 4.57 Å². The van der Waals surface area contributed by atoms with Crippen molar-refractivity contribution in [1.29, 1.82) is 0 Å². The Labute approximate surface area is 409 Å². The van der Waals surface area contributed by atoms with Crippen LogP contribution in [-0.2, 0) is 32.7 Å². The molecular formula is C57H95NO8P+. The third-order valence-electron chi connectivity index (χ3n) is 10.2. The van der Waals surface area contributed by atoms with Crippen LogP contribution in [0.25, 0.3) is 0 Å². The van der Waals surface area contributed by atoms with E-state index in [4.69, 9.17) is 18.5 Å². The van der Waals surface area contributed by atoms with Crippen LogP contribution >= 0.6 is 7.82 Å². The Morgan fingerprint density at radius 2 is 0.851 bits per heavy atom. The maximum absolute atomic E-state index is 12.7. The summed E-state index contributed by atoms with van der Waals surface area (Å²) in [5, 5.41) is 0. The van der Waals surface area contributed by atoms with E-state index in [1.165, 1.54) is 19.3 Å². The van der Waals surface area contributed by atoms with E-state index in [1.807, 2.05) is 21.1 Å². The lowest BCUT2D eigenvalue weighted by Gasteiger charge is -2.24. The van der Waals surface area contributed by atoms with Crippen LogP contribution in [0.4, 0.5) is 0 Å². The molecule has 0 fully saturated rings. The molecule has 0 aromatic rings. The Morgan fingerprint density at radius 3 is 1.30 bits per heavy atom. The average Bonchev–Trinajstić information content (AvgIpc) is 3.29. The molecule has 0 rings (SSSR count). The molecular weight excluding hydrogens is 858 g/mol. The van der Waals surface area contributed by atoms with E-state index < -0.39 is 32.5 Å². The molecule has 9 nitrogen and oxygen atoms in total. The van der Waals surface area contributed by atoms with Gasteiger partial charge in [0.05, 0.1) is 27.7 Å². The lowest BCUT2D eigenvalue weighted by molar-refractivity contribution is -0.870. The molecule has 0 radical (unpaired) electrons. The van der Waals surface area contributed by atoms with Crippen molar-refractivity contribution in [2.45, 2.75) is 180 Å². The van der Waals surface area contributed by atoms with Gasteiger partial charge in [0.15, 0.2) is 6.10 Å². The number of phosphoric ester groups is 1. The summed E-state index contributed by atoms with van der Waals surface area (Å²) in [6.07, 6.45) is 66.9. The maximum Gasteiger partial charge on any atom is 0.472 e. The summed E-state index contributed by atoms with van der Waals surface area (Å²) in [6.45, 7) is 4.21. The van der Waals surface area contributed by atoms with Gasteiger partial charge in [-0.1, -0.05) is 174 Å². The lowest BCUT2D eigenvalue weighted by atomic mass is 10.1. The fraction of sp³-hybridized carbons (Fsp3) is 0.614. The quantitative estimate of drug-likeness (QED) is 0.0211. The summed E-state index contributed by atoms with van der Waals surface area (Å²) < 4.78 is 34.3. The van der Waals surface area contributed by atoms with Crippen molar-refractivity contribution in [2.24, 2.45) is 0 Å². The minimum absolute atomic E-state index is 0.0167. The molecule has 10 heteroatoms. The Kier molecular flexibility index (Phi) is 44.9. The summed E-state index contributed by atoms with van der Waals surface area (Å²) in [5.74, 6) is -0.859. The zero-order chi connectivity index (χ0) is 49.2. The molecule has 0 spiro atoms. The van der Waals surface area contributed by atoms with E-state index in [-0.39, 0.29) is 26.1 Å². The number of rotatable bonds is 45. The number of carbonyl (C=O) groups is 2. The van der Waals surface area contributed by atoms with Gasteiger partial charge in [-0.3, -0.25) is 18.6 Å². The van der Waals surface area contributed by atoms with E-state index in [0.717, 1.165) is 122 Å². The van der Waals surface area contributed by atoms with E-state index in [2.05, 4.69) is 135 Å². The van der Waals surface area contributed by atoms with Crippen LogP contribution < -0.4 is 0 Å². The molecule has 0 aliphatic carbocycles. The molecule has 2 atom stereocenters. The molecule has 0 aliphatic rings. The molecule has 0 aliphatic heterocycles. The highest BCUT2D eigenvalue weighted by Crippen LogP contribution is 2.43. The van der Waals surface area contributed by atoms with Crippen LogP contribution in [0, 0.1) is 0 Å². The number of phosphoric acid groups is 1. The topological polar surface area (TPSA) is 108 Å². The number of allylic oxidation sites excluding steroid dienone is 20. The molecule has 0 aromatic heterocycles. The monoisotopic (exact) mass is 953 g/mol. The van der Waals surface area contributed by atoms with Gasteiger partial charge in [-0.05, 0) is 109 Å². The Balaban J connectivity index is 4.31. The first-order valence-corrected chi connectivity index (χ1v) is 27.3. The van der Waals surface area contributed by atoms with Crippen LogP contribution in [0.15, 0.2) is 122 Å². The van der Waals surface area contributed by atoms with Crippen molar-refractivity contribution >= 4 is 19.8 Å². The zero-order valence-corrected chi connectivity index (χ0v) is 43.7. The minimum atomic E-state index is -4.40. The van der Waals surface area contributed by atoms with Crippen molar-refractivity contribution in [3.63, 3.8) is 0 Å². The molecule has 67 heavy (non-hydrogen) atoms. The molecule has 1 N–H and O–H groups in total. The van der Waals surface area contributed by atoms with Gasteiger partial charge >= 0.3 is 19.8 Å². The van der Waals surface area contributed by atoms with Gasteiger partial charge in [-0.2, -0.15) is 0 Å². The van der Waals surface area contributed by atoms with Gasteiger partial charge in [0.2, 0.25) is 0 Å². The third kappa shape index (κ3) is 51.6. The number of carbonyl (C=O) groups excluding carboxylic acids is 2. The molecule has 0 heterocycles. The van der Waals surface area contributed by atoms with Crippen molar-refractivity contribution < 1.29 is 42.1 Å². The third-order valence-corrected chi connectivity index (χ3v) is 11.2. The summed E-state index contributed by atoms with van der Waals surface area (Å²) in [5.41, 5.74) is 0. The molecule has 0 aromatic carbocycles. The van der Waals surface area contributed by atoms with E-state index in [1.54, 1.807) is 0 Å². The Bertz CT molecular complexity index is 1540. The standard InChI is InChI=1S/C57H94NO8P/c1-6-8-10-12-14-16-18-20-21-22-23-24-25-26-27-28-29-30-31-32-33-34-35-36-37-38-40-42-44-46-48-50-57(60)66-55(54-65-67(61,62)64-52-51-58(3,4)5)53-63-56(59)49-47-45-43-41-39-19-17-15-13-11-9-7-2/h8,10,14-17,20-21,23-24,26-27,29-30,32-33,35-36,38,40,55H,6-7,9,11-13,18-19,22,25,28,31,34,37,39,41-54H2,1-5H3/p+1/b10-8-,16-14-,17-15-,21-20-,24-23-,27-26-,30-29-,33-32-,36-35-,40-38-. The number of ether oxygens (including phenoxy) is 2. The van der Waals surface area contributed by atoms with Gasteiger partial charge in [0.25, 0.3) is 0 Å². The van der Waals surface area contributed by atoms with E-state index in [0.29, 0.717) is 17.4 Å². The number of esters is 2. The first kappa shape index (κ1) is 63.4. The van der Waals surface area contributed by atoms with Crippen LogP contribution in [-0.4, -0.2) is 74.9 Å². The highest BCUT2D eigenvalue weighted by molar-refractivity contribution is 7.47. The van der Waals surface area contributed by atoms with E-state index >= 15 is 0 Å². The SMILES string of the molecule is CC/C=C\C/C=C\C/C=C\C/C=C\C/C=C\C/C=C\C/C=C\C/C=C\C/C=C\CCCCCC(=O)OC(COC(=O)CCCCCCC/C=C\CCCCC)COP(=O)(O)OCC[N+](C)(C)C. The summed E-state index contributed by atoms with van der Waals surface area (Å²) in [6, 6.07) is 0. The van der Waals surface area contributed by atoms with Crippen molar-refractivity contribution in [2.75, 3.05) is 47.5 Å². The summed E-state index contributed by atoms with van der Waals surface area (Å²) in [4.78, 5) is 35.5. The average molecular weight is 953 g/mol. The second-order valence-electron chi connectivity index (χ2n) is 17.8. The second-order valence-corrected chi connectivity index (χ2v) is 19.3. The minimum Gasteiger partial charge on any atom is -0.462 e. The molecule has 0 amide bonds. The number of nitrogens with zero attached hydrogens (tertiary/aromatic N) is 1. The molecule has 0 bridgehead atoms. The molecule has 2 unspecified atom stereocenters. The van der Waals surface area contributed by atoms with Crippen LogP contribution in [0.3, 0.4) is 0 Å². The van der Waals surface area contributed by atoms with Gasteiger partial charge in [0.1, 0.15) is 19.8 Å². The smallest absolute Gasteiger partial charge is 0.462 e. The number of quaternary nitrogens is 1. The normalized spacial score (nSPS) is 14.4. The summed E-state index contributed by atoms with van der Waals surface area (Å²) in [7, 11) is 1.43. The van der Waals surface area contributed by atoms with Crippen LogP contribution in [0.2, 0.25) is 0 Å². The van der Waals surface area contributed by atoms with E-state index in [9.17, 15) is 19.0 Å². The highest BCUT2D eigenvalue weighted by atomic mass is 31.2. The Hall–Kier alpha value is -3.59.